The molecule has 1 aliphatic heterocycles. The van der Waals surface area contributed by atoms with E-state index in [0.717, 1.165) is 36.3 Å². The fraction of sp³-hybridized carbons (Fsp3) is 0.480. The topological polar surface area (TPSA) is 69.4 Å². The number of hydrogen-bond acceptors (Lipinski definition) is 4. The molecule has 1 heterocycles. The van der Waals surface area contributed by atoms with Crippen LogP contribution < -0.4 is 4.74 Å². The van der Waals surface area contributed by atoms with Gasteiger partial charge in [-0.05, 0) is 29.2 Å². The summed E-state index contributed by atoms with van der Waals surface area (Å²) >= 11 is 0. The molecule has 3 unspecified atom stereocenters. The highest BCUT2D eigenvalue weighted by molar-refractivity contribution is 5.72. The Morgan fingerprint density at radius 3 is 2.61 bits per heavy atom. The number of likely N-dealkylation sites (N-methyl/N-ethyl adjacent to an activating group) is 1. The highest BCUT2D eigenvalue weighted by Crippen LogP contribution is 2.49. The molecule has 0 N–H and O–H groups in total. The normalized spacial score (nSPS) is 29.7. The lowest BCUT2D eigenvalue weighted by atomic mass is 9.89. The first-order chi connectivity index (χ1) is 14.9. The minimum Gasteiger partial charge on any atom is -0.489 e. The van der Waals surface area contributed by atoms with Crippen molar-refractivity contribution < 1.29 is 18.9 Å². The van der Waals surface area contributed by atoms with Crippen molar-refractivity contribution in [1.29, 1.82) is 0 Å². The van der Waals surface area contributed by atoms with Gasteiger partial charge in [0.05, 0.1) is 20.0 Å². The second-order valence-electron chi connectivity index (χ2n) is 9.38. The summed E-state index contributed by atoms with van der Waals surface area (Å²) in [5, 5.41) is 11.1. The Labute approximate surface area is 183 Å². The third-order valence-corrected chi connectivity index (χ3v) is 7.47. The van der Waals surface area contributed by atoms with Gasteiger partial charge in [-0.3, -0.25) is 14.6 Å². The average molecular weight is 424 g/mol. The summed E-state index contributed by atoms with van der Waals surface area (Å²) in [5.41, 5.74) is 2.27. The van der Waals surface area contributed by atoms with Gasteiger partial charge in [0.25, 0.3) is 0 Å². The first-order valence-corrected chi connectivity index (χ1v) is 11.1. The number of rotatable bonds is 8. The number of amides is 1. The molecule has 31 heavy (non-hydrogen) atoms. The van der Waals surface area contributed by atoms with Crippen LogP contribution in [-0.4, -0.2) is 41.5 Å². The van der Waals surface area contributed by atoms with E-state index in [1.807, 2.05) is 49.5 Å². The molecule has 1 aliphatic carbocycles. The molecular formula is C25H31N2O4+. The molecule has 1 amide bonds. The number of nitrogens with zero attached hydrogens (tertiary/aromatic N) is 2. The molecule has 0 aromatic heterocycles. The number of nitro groups is 1. The van der Waals surface area contributed by atoms with Crippen LogP contribution in [-0.2, 0) is 17.8 Å². The number of benzene rings is 2. The quantitative estimate of drug-likeness (QED) is 0.364. The van der Waals surface area contributed by atoms with Crippen LogP contribution in [0.3, 0.4) is 0 Å². The van der Waals surface area contributed by atoms with Gasteiger partial charge in [0.2, 0.25) is 6.54 Å². The Kier molecular flexibility index (Phi) is 6.10. The van der Waals surface area contributed by atoms with E-state index >= 15 is 0 Å². The van der Waals surface area contributed by atoms with Crippen LogP contribution in [0.1, 0.15) is 30.9 Å². The van der Waals surface area contributed by atoms with Crippen LogP contribution in [0.15, 0.2) is 54.6 Å². The van der Waals surface area contributed by atoms with Crippen molar-refractivity contribution in [3.63, 3.8) is 0 Å². The van der Waals surface area contributed by atoms with Crippen LogP contribution in [0.2, 0.25) is 0 Å². The number of hydrogen-bond donors (Lipinski definition) is 0. The lowest BCUT2D eigenvalue weighted by Gasteiger charge is -2.33. The maximum absolute atomic E-state index is 13.0. The summed E-state index contributed by atoms with van der Waals surface area (Å²) in [6.07, 6.45) is 2.15. The fourth-order valence-electron chi connectivity index (χ4n) is 5.65. The molecular weight excluding hydrogens is 392 g/mol. The van der Waals surface area contributed by atoms with E-state index < -0.39 is 0 Å². The van der Waals surface area contributed by atoms with Gasteiger partial charge in [0.15, 0.2) is 0 Å². The molecule has 1 saturated carbocycles. The van der Waals surface area contributed by atoms with Crippen molar-refractivity contribution in [2.45, 2.75) is 38.8 Å². The predicted molar refractivity (Wildman–Crippen MR) is 118 cm³/mol. The first-order valence-electron chi connectivity index (χ1n) is 11.1. The van der Waals surface area contributed by atoms with E-state index in [1.165, 1.54) is 0 Å². The van der Waals surface area contributed by atoms with Gasteiger partial charge in [-0.25, -0.2) is 4.79 Å². The van der Waals surface area contributed by atoms with Crippen molar-refractivity contribution >= 4 is 5.91 Å². The zero-order valence-electron chi connectivity index (χ0n) is 18.3. The van der Waals surface area contributed by atoms with E-state index in [9.17, 15) is 14.9 Å². The molecule has 1 saturated heterocycles. The zero-order valence-corrected chi connectivity index (χ0v) is 18.3. The number of quaternary nitrogens is 1. The standard InChI is InChI=1S/C25H31N2O4/c1-18-13-24-22(23(18)16-26(29)30)15-25(28)27(24,2)12-11-19-9-6-10-21(14-19)31-17-20-7-4-3-5-8-20/h3-10,14,18,22-24H,11-13,15-17H2,1-2H3/q+1/t18-,22?,23+,24?,27?/m0/s1. The van der Waals surface area contributed by atoms with Crippen molar-refractivity contribution in [2.75, 3.05) is 20.1 Å². The minimum absolute atomic E-state index is 0.0126. The highest BCUT2D eigenvalue weighted by Gasteiger charge is 2.60. The third kappa shape index (κ3) is 4.49. The molecule has 164 valence electrons. The second-order valence-corrected chi connectivity index (χ2v) is 9.38. The summed E-state index contributed by atoms with van der Waals surface area (Å²) in [7, 11) is 2.03. The summed E-state index contributed by atoms with van der Waals surface area (Å²) in [5.74, 6) is 1.50. The Bertz CT molecular complexity index is 948. The maximum atomic E-state index is 13.0. The van der Waals surface area contributed by atoms with Crippen LogP contribution in [0.4, 0.5) is 0 Å². The molecule has 0 bridgehead atoms. The van der Waals surface area contributed by atoms with Crippen LogP contribution >= 0.6 is 0 Å². The van der Waals surface area contributed by atoms with Gasteiger partial charge >= 0.3 is 5.91 Å². The summed E-state index contributed by atoms with van der Waals surface area (Å²) < 4.78 is 6.35. The molecule has 2 aromatic rings. The van der Waals surface area contributed by atoms with E-state index in [-0.39, 0.29) is 35.3 Å². The van der Waals surface area contributed by atoms with Gasteiger partial charge in [-0.2, -0.15) is 0 Å². The smallest absolute Gasteiger partial charge is 0.314 e. The summed E-state index contributed by atoms with van der Waals surface area (Å²) in [4.78, 5) is 23.9. The molecule has 6 nitrogen and oxygen atoms in total. The van der Waals surface area contributed by atoms with Gasteiger partial charge in [-0.15, -0.1) is 0 Å². The molecule has 5 atom stereocenters. The second kappa shape index (κ2) is 8.79. The van der Waals surface area contributed by atoms with E-state index in [1.54, 1.807) is 0 Å². The third-order valence-electron chi connectivity index (χ3n) is 7.47. The van der Waals surface area contributed by atoms with E-state index in [4.69, 9.17) is 4.74 Å². The molecule has 2 aliphatic rings. The van der Waals surface area contributed by atoms with Crippen LogP contribution in [0, 0.1) is 27.9 Å². The van der Waals surface area contributed by atoms with Crippen molar-refractivity contribution in [3.05, 3.63) is 75.8 Å². The largest absolute Gasteiger partial charge is 0.489 e. The molecule has 2 aromatic carbocycles. The van der Waals surface area contributed by atoms with Gasteiger partial charge < -0.3 is 4.74 Å². The Balaban J connectivity index is 1.40. The van der Waals surface area contributed by atoms with Gasteiger partial charge in [0.1, 0.15) is 18.4 Å². The van der Waals surface area contributed by atoms with Crippen LogP contribution in [0.25, 0.3) is 0 Å². The van der Waals surface area contributed by atoms with Crippen molar-refractivity contribution in [2.24, 2.45) is 17.8 Å². The molecule has 0 spiro atoms. The molecule has 2 fully saturated rings. The van der Waals surface area contributed by atoms with Crippen LogP contribution in [0.5, 0.6) is 5.75 Å². The van der Waals surface area contributed by atoms with Crippen molar-refractivity contribution in [3.8, 4) is 5.75 Å². The SMILES string of the molecule is C[C@H]1CC2C(CC(=O)[N+]2(C)CCc2cccc(OCc3ccccc3)c2)[C@@H]1C[N+](=O)[O-]. The number of likely N-dealkylation sites (tertiary alicyclic amines) is 1. The van der Waals surface area contributed by atoms with Crippen molar-refractivity contribution in [1.82, 2.24) is 0 Å². The zero-order chi connectivity index (χ0) is 22.0. The lowest BCUT2D eigenvalue weighted by Crippen LogP contribution is -2.52. The average Bonchev–Trinajstić information content (AvgIpc) is 3.19. The molecule has 4 rings (SSSR count). The minimum atomic E-state index is -0.211. The Morgan fingerprint density at radius 1 is 1.13 bits per heavy atom. The lowest BCUT2D eigenvalue weighted by molar-refractivity contribution is -0.853. The summed E-state index contributed by atoms with van der Waals surface area (Å²) in [6.45, 7) is 3.33. The van der Waals surface area contributed by atoms with Gasteiger partial charge in [-0.1, -0.05) is 49.4 Å². The Hall–Kier alpha value is -2.73. The number of carbonyl (C=O) groups excluding carboxylic acids is 1. The highest BCUT2D eigenvalue weighted by atomic mass is 16.6. The number of fused-ring (bicyclic) bond motifs is 1. The molecule has 0 radical (unpaired) electrons. The Morgan fingerprint density at radius 2 is 1.87 bits per heavy atom. The number of ether oxygens (including phenoxy) is 1. The van der Waals surface area contributed by atoms with E-state index in [2.05, 4.69) is 19.1 Å². The first kappa shape index (κ1) is 21.5. The summed E-state index contributed by atoms with van der Waals surface area (Å²) in [6, 6.07) is 18.4. The van der Waals surface area contributed by atoms with E-state index in [0.29, 0.717) is 23.4 Å². The fourth-order valence-corrected chi connectivity index (χ4v) is 5.65. The van der Waals surface area contributed by atoms with Gasteiger partial charge in [0, 0.05) is 29.6 Å². The number of carbonyl (C=O) groups is 1. The maximum Gasteiger partial charge on any atom is 0.314 e. The molecule has 6 heteroatoms. The monoisotopic (exact) mass is 423 g/mol. The predicted octanol–water partition coefficient (Wildman–Crippen LogP) is 4.10.